The van der Waals surface area contributed by atoms with Gasteiger partial charge in [0.05, 0.1) is 142 Å². The maximum absolute atomic E-state index is 13.2. The molecule has 1 saturated heterocycles. The van der Waals surface area contributed by atoms with E-state index in [4.69, 9.17) is 52.1 Å². The first kappa shape index (κ1) is 55.7. The minimum atomic E-state index is -1.08. The van der Waals surface area contributed by atoms with E-state index in [1.165, 1.54) is 13.0 Å². The van der Waals surface area contributed by atoms with Gasteiger partial charge >= 0.3 is 0 Å². The lowest BCUT2D eigenvalue weighted by atomic mass is 10.0. The minimum Gasteiger partial charge on any atom is -0.491 e. The number of nitrogens with zero attached hydrogens (tertiary/aromatic N) is 1. The van der Waals surface area contributed by atoms with Crippen LogP contribution in [0.5, 0.6) is 5.75 Å². The lowest BCUT2D eigenvalue weighted by molar-refractivity contribution is -0.136. The molecule has 0 aromatic heterocycles. The molecule has 1 unspecified atom stereocenters. The van der Waals surface area contributed by atoms with Gasteiger partial charge in [-0.2, -0.15) is 0 Å². The van der Waals surface area contributed by atoms with Crippen molar-refractivity contribution >= 4 is 46.8 Å². The van der Waals surface area contributed by atoms with Crippen LogP contribution in [0.1, 0.15) is 66.2 Å². The molecule has 2 heterocycles. The van der Waals surface area contributed by atoms with Crippen LogP contribution in [0.25, 0.3) is 0 Å². The summed E-state index contributed by atoms with van der Waals surface area (Å²) in [5.74, 6) is -2.15. The number of rotatable bonds is 40. The van der Waals surface area contributed by atoms with Crippen molar-refractivity contribution in [3.63, 3.8) is 0 Å². The monoisotopic (exact) mass is 960 g/mol. The Morgan fingerprint density at radius 1 is 0.559 bits per heavy atom. The zero-order valence-corrected chi connectivity index (χ0v) is 39.1. The number of nitrogens with one attached hydrogen (secondary N) is 3. The first-order valence-electron chi connectivity index (χ1n) is 23.2. The Morgan fingerprint density at radius 2 is 1.03 bits per heavy atom. The van der Waals surface area contributed by atoms with Crippen molar-refractivity contribution in [3.8, 4) is 5.75 Å². The fraction of sp³-hybridized carbons (Fsp3) is 0.617. The Kier molecular flexibility index (Phi) is 28.1. The quantitative estimate of drug-likeness (QED) is 0.0642. The molecule has 0 radical (unpaired) electrons. The standard InChI is InChI=1S/C47H68N4O17/c1-36(52)48-37-9-11-38(12-10-37)68-35-34-67-33-32-66-31-30-65-29-28-64-27-26-63-25-24-62-23-22-61-21-20-60-19-18-59-17-16-58-15-4-2-3-8-42(53)49-40-7-5-6-39-44(40)47(57)51(46(39)56)41-13-14-43(54)50-45(41)55/h5-7,9-12,41H,2-4,8,13-35H2,1H3,(H,48,52)(H,49,53)(H,50,54,55). The molecule has 21 heteroatoms. The van der Waals surface area contributed by atoms with Crippen molar-refractivity contribution < 1.29 is 80.9 Å². The van der Waals surface area contributed by atoms with Gasteiger partial charge in [-0.15, -0.1) is 0 Å². The third-order valence-electron chi connectivity index (χ3n) is 9.95. The largest absolute Gasteiger partial charge is 0.491 e. The van der Waals surface area contributed by atoms with Crippen LogP contribution in [-0.4, -0.2) is 185 Å². The molecule has 1 atom stereocenters. The van der Waals surface area contributed by atoms with E-state index in [-0.39, 0.29) is 47.9 Å². The third kappa shape index (κ3) is 22.4. The van der Waals surface area contributed by atoms with Gasteiger partial charge in [0, 0.05) is 32.1 Å². The smallest absolute Gasteiger partial charge is 0.264 e. The minimum absolute atomic E-state index is 0.0243. The summed E-state index contributed by atoms with van der Waals surface area (Å²) in [4.78, 5) is 74.7. The molecule has 2 aliphatic heterocycles. The van der Waals surface area contributed by atoms with Crippen LogP contribution in [-0.2, 0) is 66.5 Å². The van der Waals surface area contributed by atoms with Crippen molar-refractivity contribution in [2.24, 2.45) is 0 Å². The van der Waals surface area contributed by atoms with Gasteiger partial charge in [0.15, 0.2) is 0 Å². The Bertz CT molecular complexity index is 1820. The molecule has 0 saturated carbocycles. The molecule has 2 aromatic carbocycles. The number of carbonyl (C=O) groups is 6. The summed E-state index contributed by atoms with van der Waals surface area (Å²) in [5, 5.41) is 7.61. The summed E-state index contributed by atoms with van der Waals surface area (Å²) in [6.45, 7) is 11.1. The number of fused-ring (bicyclic) bond motifs is 1. The number of hydrogen-bond donors (Lipinski definition) is 3. The maximum atomic E-state index is 13.2. The van der Waals surface area contributed by atoms with Gasteiger partial charge in [0.2, 0.25) is 23.6 Å². The van der Waals surface area contributed by atoms with E-state index in [2.05, 4.69) is 16.0 Å². The lowest BCUT2D eigenvalue weighted by Crippen LogP contribution is -2.54. The van der Waals surface area contributed by atoms with Crippen LogP contribution in [0.2, 0.25) is 0 Å². The number of unbranched alkanes of at least 4 members (excludes halogenated alkanes) is 2. The van der Waals surface area contributed by atoms with Gasteiger partial charge in [0.1, 0.15) is 18.4 Å². The van der Waals surface area contributed by atoms with E-state index in [1.54, 1.807) is 36.4 Å². The first-order chi connectivity index (χ1) is 33.2. The molecule has 2 aliphatic rings. The molecule has 3 N–H and O–H groups in total. The van der Waals surface area contributed by atoms with Crippen molar-refractivity contribution in [2.75, 3.05) is 149 Å². The van der Waals surface area contributed by atoms with E-state index in [9.17, 15) is 28.8 Å². The van der Waals surface area contributed by atoms with Crippen molar-refractivity contribution in [1.29, 1.82) is 0 Å². The molecule has 0 aliphatic carbocycles. The normalized spacial score (nSPS) is 14.6. The first-order valence-corrected chi connectivity index (χ1v) is 23.2. The lowest BCUT2D eigenvalue weighted by Gasteiger charge is -2.27. The average Bonchev–Trinajstić information content (AvgIpc) is 3.57. The Balaban J connectivity index is 0.802. The van der Waals surface area contributed by atoms with Crippen molar-refractivity contribution in [3.05, 3.63) is 53.6 Å². The number of anilines is 2. The van der Waals surface area contributed by atoms with Gasteiger partial charge in [-0.1, -0.05) is 12.5 Å². The van der Waals surface area contributed by atoms with Crippen LogP contribution in [0.3, 0.4) is 0 Å². The Morgan fingerprint density at radius 3 is 1.50 bits per heavy atom. The number of hydrogen-bond acceptors (Lipinski definition) is 17. The highest BCUT2D eigenvalue weighted by Crippen LogP contribution is 2.32. The topological polar surface area (TPSA) is 243 Å². The highest BCUT2D eigenvalue weighted by molar-refractivity contribution is 6.26. The van der Waals surface area contributed by atoms with Gasteiger partial charge in [-0.3, -0.25) is 39.0 Å². The fourth-order valence-corrected chi connectivity index (χ4v) is 6.64. The third-order valence-corrected chi connectivity index (χ3v) is 9.95. The molecule has 4 rings (SSSR count). The number of ether oxygens (including phenoxy) is 11. The molecule has 1 fully saturated rings. The van der Waals surface area contributed by atoms with Crippen molar-refractivity contribution in [1.82, 2.24) is 10.2 Å². The number of piperidine rings is 1. The molecule has 6 amide bonds. The number of amides is 6. The van der Waals surface area contributed by atoms with Crippen LogP contribution in [0, 0.1) is 0 Å². The maximum Gasteiger partial charge on any atom is 0.264 e. The predicted molar refractivity (Wildman–Crippen MR) is 245 cm³/mol. The predicted octanol–water partition coefficient (Wildman–Crippen LogP) is 2.79. The highest BCUT2D eigenvalue weighted by Gasteiger charge is 2.45. The van der Waals surface area contributed by atoms with E-state index >= 15 is 0 Å². The molecular weight excluding hydrogens is 893 g/mol. The van der Waals surface area contributed by atoms with Crippen LogP contribution >= 0.6 is 0 Å². The Hall–Kier alpha value is -4.94. The average molecular weight is 961 g/mol. The van der Waals surface area contributed by atoms with Gasteiger partial charge in [-0.25, -0.2) is 0 Å². The second-order valence-electron chi connectivity index (χ2n) is 15.2. The zero-order valence-electron chi connectivity index (χ0n) is 39.1. The molecule has 0 spiro atoms. The zero-order chi connectivity index (χ0) is 48.4. The summed E-state index contributed by atoms with van der Waals surface area (Å²) in [7, 11) is 0. The van der Waals surface area contributed by atoms with Gasteiger partial charge < -0.3 is 62.7 Å². The van der Waals surface area contributed by atoms with E-state index in [0.717, 1.165) is 23.4 Å². The summed E-state index contributed by atoms with van der Waals surface area (Å²) in [5.41, 5.74) is 1.09. The molecular formula is C47H68N4O17. The van der Waals surface area contributed by atoms with E-state index in [1.807, 2.05) is 0 Å². The summed E-state index contributed by atoms with van der Waals surface area (Å²) in [6.07, 6.45) is 2.42. The second-order valence-corrected chi connectivity index (χ2v) is 15.2. The summed E-state index contributed by atoms with van der Waals surface area (Å²) >= 11 is 0. The van der Waals surface area contributed by atoms with Gasteiger partial charge in [0.25, 0.3) is 11.8 Å². The molecule has 378 valence electrons. The van der Waals surface area contributed by atoms with E-state index < -0.39 is 29.7 Å². The molecule has 68 heavy (non-hydrogen) atoms. The van der Waals surface area contributed by atoms with Crippen LogP contribution in [0.4, 0.5) is 11.4 Å². The highest BCUT2D eigenvalue weighted by atomic mass is 16.6. The van der Waals surface area contributed by atoms with E-state index in [0.29, 0.717) is 151 Å². The number of imide groups is 2. The summed E-state index contributed by atoms with van der Waals surface area (Å²) in [6, 6.07) is 10.7. The fourth-order valence-electron chi connectivity index (χ4n) is 6.64. The molecule has 0 bridgehead atoms. The van der Waals surface area contributed by atoms with Crippen LogP contribution < -0.4 is 20.7 Å². The number of benzene rings is 2. The SMILES string of the molecule is CC(=O)Nc1ccc(OCCOCCOCCOCCOCCOCCOCCOCCOCCOCCOCCCCCC(=O)Nc2cccc3c2C(=O)N(C2CCC(=O)NC2=O)C3=O)cc1. The van der Waals surface area contributed by atoms with Crippen molar-refractivity contribution in [2.45, 2.75) is 51.5 Å². The number of carbonyl (C=O) groups excluding carboxylic acids is 6. The second kappa shape index (κ2) is 34.4. The van der Waals surface area contributed by atoms with Crippen LogP contribution in [0.15, 0.2) is 42.5 Å². The molecule has 2 aromatic rings. The Labute approximate surface area is 397 Å². The van der Waals surface area contributed by atoms with Gasteiger partial charge in [-0.05, 0) is 55.7 Å². The summed E-state index contributed by atoms with van der Waals surface area (Å²) < 4.78 is 60.8. The molecule has 21 nitrogen and oxygen atoms in total.